The second kappa shape index (κ2) is 6.93. The van der Waals surface area contributed by atoms with Crippen LogP contribution in [-0.4, -0.2) is 16.9 Å². The highest BCUT2D eigenvalue weighted by atomic mass is 79.9. The Hall–Kier alpha value is -2.33. The molecule has 0 unspecified atom stereocenters. The van der Waals surface area contributed by atoms with Gasteiger partial charge in [0.05, 0.1) is 11.8 Å². The topological polar surface area (TPSA) is 24.8 Å². The summed E-state index contributed by atoms with van der Waals surface area (Å²) in [6, 6.07) is 21.7. The monoisotopic (exact) mass is 434 g/mol. The molecular weight excluding hydrogens is 412 g/mol. The predicted molar refractivity (Wildman–Crippen MR) is 118 cm³/mol. The Balaban J connectivity index is 1.55. The number of halogens is 1. The lowest BCUT2D eigenvalue weighted by Crippen LogP contribution is -2.41. The normalized spacial score (nSPS) is 20.7. The van der Waals surface area contributed by atoms with Crippen LogP contribution in [0.2, 0.25) is 0 Å². The molecule has 0 aromatic heterocycles. The van der Waals surface area contributed by atoms with Gasteiger partial charge in [-0.15, -0.1) is 0 Å². The highest BCUT2D eigenvalue weighted by Gasteiger charge is 2.40. The maximum Gasteiger partial charge on any atom is 0.188 e. The second-order valence-electron chi connectivity index (χ2n) is 8.09. The van der Waals surface area contributed by atoms with Crippen LogP contribution in [0.15, 0.2) is 70.2 Å². The third kappa shape index (κ3) is 3.10. The average molecular weight is 435 g/mol. The van der Waals surface area contributed by atoms with Gasteiger partial charge in [-0.3, -0.25) is 5.01 Å². The first-order chi connectivity index (χ1) is 13.6. The molecule has 0 bridgehead atoms. The molecule has 0 amide bonds. The highest BCUT2D eigenvalue weighted by molar-refractivity contribution is 9.10. The summed E-state index contributed by atoms with van der Waals surface area (Å²) in [6.07, 6.45) is 1.84. The van der Waals surface area contributed by atoms with Crippen LogP contribution in [0.5, 0.6) is 5.75 Å². The minimum absolute atomic E-state index is 0.0170. The van der Waals surface area contributed by atoms with Crippen molar-refractivity contribution >= 4 is 32.4 Å². The van der Waals surface area contributed by atoms with E-state index in [1.807, 2.05) is 0 Å². The van der Waals surface area contributed by atoms with Crippen LogP contribution in [-0.2, 0) is 0 Å². The van der Waals surface area contributed by atoms with Crippen molar-refractivity contribution in [2.24, 2.45) is 11.0 Å². The molecule has 28 heavy (non-hydrogen) atoms. The minimum Gasteiger partial charge on any atom is -0.469 e. The Morgan fingerprint density at radius 2 is 1.89 bits per heavy atom. The smallest absolute Gasteiger partial charge is 0.188 e. The van der Waals surface area contributed by atoms with E-state index in [-0.39, 0.29) is 12.3 Å². The maximum absolute atomic E-state index is 6.36. The van der Waals surface area contributed by atoms with Crippen LogP contribution in [0.4, 0.5) is 0 Å². The van der Waals surface area contributed by atoms with Gasteiger partial charge >= 0.3 is 0 Å². The Kier molecular flexibility index (Phi) is 4.39. The molecule has 3 aromatic carbocycles. The number of fused-ring (bicyclic) bond motifs is 4. The molecule has 0 saturated heterocycles. The van der Waals surface area contributed by atoms with E-state index >= 15 is 0 Å². The number of hydrogen-bond donors (Lipinski definition) is 0. The Morgan fingerprint density at radius 1 is 1.07 bits per heavy atom. The molecule has 0 spiro atoms. The molecular formula is C24H23BrN2O. The third-order valence-corrected chi connectivity index (χ3v) is 6.08. The number of rotatable bonds is 3. The fraction of sp³-hybridized carbons (Fsp3) is 0.292. The van der Waals surface area contributed by atoms with Crippen molar-refractivity contribution in [3.8, 4) is 5.75 Å². The molecule has 2 heterocycles. The number of ether oxygens (including phenoxy) is 1. The van der Waals surface area contributed by atoms with Gasteiger partial charge in [0.15, 0.2) is 6.23 Å². The second-order valence-corrected chi connectivity index (χ2v) is 9.01. The van der Waals surface area contributed by atoms with E-state index in [2.05, 4.69) is 95.5 Å². The molecule has 2 aliphatic heterocycles. The van der Waals surface area contributed by atoms with E-state index in [9.17, 15) is 0 Å². The largest absolute Gasteiger partial charge is 0.469 e. The van der Waals surface area contributed by atoms with Crippen molar-refractivity contribution in [3.63, 3.8) is 0 Å². The summed E-state index contributed by atoms with van der Waals surface area (Å²) in [5.41, 5.74) is 3.56. The van der Waals surface area contributed by atoms with Gasteiger partial charge in [-0.25, -0.2) is 0 Å². The molecule has 0 N–H and O–H groups in total. The summed E-state index contributed by atoms with van der Waals surface area (Å²) in [5, 5.41) is 9.77. The van der Waals surface area contributed by atoms with Crippen molar-refractivity contribution in [2.45, 2.75) is 39.0 Å². The van der Waals surface area contributed by atoms with Gasteiger partial charge in [0.2, 0.25) is 0 Å². The molecule has 0 fully saturated rings. The molecule has 0 aliphatic carbocycles. The Labute approximate surface area is 174 Å². The maximum atomic E-state index is 6.36. The van der Waals surface area contributed by atoms with Crippen molar-refractivity contribution in [1.82, 2.24) is 5.01 Å². The van der Waals surface area contributed by atoms with E-state index in [0.717, 1.165) is 28.8 Å². The molecule has 0 radical (unpaired) electrons. The predicted octanol–water partition coefficient (Wildman–Crippen LogP) is 6.52. The first kappa shape index (κ1) is 17.7. The highest BCUT2D eigenvalue weighted by Crippen LogP contribution is 2.45. The van der Waals surface area contributed by atoms with Gasteiger partial charge in [0.25, 0.3) is 0 Å². The molecule has 5 rings (SSSR count). The number of hydrogen-bond acceptors (Lipinski definition) is 3. The summed E-state index contributed by atoms with van der Waals surface area (Å²) in [4.78, 5) is 0. The molecule has 2 atom stereocenters. The van der Waals surface area contributed by atoms with Gasteiger partial charge in [0.1, 0.15) is 5.75 Å². The Morgan fingerprint density at radius 3 is 2.71 bits per heavy atom. The summed E-state index contributed by atoms with van der Waals surface area (Å²) >= 11 is 3.62. The van der Waals surface area contributed by atoms with E-state index in [0.29, 0.717) is 5.92 Å². The zero-order valence-electron chi connectivity index (χ0n) is 16.1. The van der Waals surface area contributed by atoms with Gasteiger partial charge in [-0.05, 0) is 46.5 Å². The quantitative estimate of drug-likeness (QED) is 0.468. The van der Waals surface area contributed by atoms with E-state index in [4.69, 9.17) is 9.84 Å². The average Bonchev–Trinajstić information content (AvgIpc) is 3.14. The van der Waals surface area contributed by atoms with Crippen LogP contribution in [0.3, 0.4) is 0 Å². The third-order valence-electron chi connectivity index (χ3n) is 5.59. The van der Waals surface area contributed by atoms with Crippen molar-refractivity contribution in [1.29, 1.82) is 0 Å². The summed E-state index contributed by atoms with van der Waals surface area (Å²) in [5.74, 6) is 1.53. The summed E-state index contributed by atoms with van der Waals surface area (Å²) in [6.45, 7) is 4.47. The van der Waals surface area contributed by atoms with Crippen LogP contribution in [0, 0.1) is 5.92 Å². The number of benzene rings is 3. The van der Waals surface area contributed by atoms with E-state index in [1.54, 1.807) is 0 Å². The molecule has 3 aromatic rings. The zero-order valence-corrected chi connectivity index (χ0v) is 17.7. The molecule has 142 valence electrons. The van der Waals surface area contributed by atoms with Crippen LogP contribution < -0.4 is 4.74 Å². The lowest BCUT2D eigenvalue weighted by Gasteiger charge is -2.38. The van der Waals surface area contributed by atoms with Crippen molar-refractivity contribution < 1.29 is 4.74 Å². The van der Waals surface area contributed by atoms with Gasteiger partial charge in [-0.2, -0.15) is 5.10 Å². The van der Waals surface area contributed by atoms with E-state index in [1.165, 1.54) is 21.9 Å². The summed E-state index contributed by atoms with van der Waals surface area (Å²) in [7, 11) is 0. The molecule has 4 heteroatoms. The molecule has 0 saturated carbocycles. The van der Waals surface area contributed by atoms with Gasteiger partial charge < -0.3 is 4.74 Å². The first-order valence-corrected chi connectivity index (χ1v) is 10.7. The standard InChI is InChI=1S/C24H23BrN2O/c1-15(2)11-24-27-22(20-13-19(25)9-10-23(20)28-24)14-21(26-27)18-8-7-16-5-3-4-6-17(16)12-18/h3-10,12-13,15,22,24H,11,14H2,1-2H3/t22-,24-/m0/s1. The van der Waals surface area contributed by atoms with E-state index < -0.39 is 0 Å². The lowest BCUT2D eigenvalue weighted by atomic mass is 9.95. The van der Waals surface area contributed by atoms with Gasteiger partial charge in [0, 0.05) is 22.9 Å². The number of hydrazone groups is 1. The van der Waals surface area contributed by atoms with Crippen LogP contribution in [0.25, 0.3) is 10.8 Å². The summed E-state index contributed by atoms with van der Waals surface area (Å²) < 4.78 is 7.44. The van der Waals surface area contributed by atoms with Crippen molar-refractivity contribution in [2.75, 3.05) is 0 Å². The van der Waals surface area contributed by atoms with Gasteiger partial charge in [-0.1, -0.05) is 66.2 Å². The zero-order chi connectivity index (χ0) is 19.3. The Bertz CT molecular complexity index is 1080. The molecule has 2 aliphatic rings. The minimum atomic E-state index is -0.0170. The fourth-order valence-electron chi connectivity index (χ4n) is 4.24. The fourth-order valence-corrected chi connectivity index (χ4v) is 4.61. The van der Waals surface area contributed by atoms with Crippen LogP contribution in [0.1, 0.15) is 43.9 Å². The first-order valence-electron chi connectivity index (χ1n) is 9.89. The SMILES string of the molecule is CC(C)C[C@@H]1Oc2ccc(Br)cc2[C@@H]2CC(c3ccc4ccccc4c3)=NN12. The number of nitrogens with zero attached hydrogens (tertiary/aromatic N) is 2. The lowest BCUT2D eigenvalue weighted by molar-refractivity contribution is -0.0291. The van der Waals surface area contributed by atoms with Crippen LogP contribution >= 0.6 is 15.9 Å². The van der Waals surface area contributed by atoms with Crippen molar-refractivity contribution in [3.05, 3.63) is 76.3 Å². The molecule has 3 nitrogen and oxygen atoms in total.